The number of aryl methyl sites for hydroxylation is 1. The summed E-state index contributed by atoms with van der Waals surface area (Å²) in [7, 11) is 0. The molecule has 3 aliphatic rings. The first-order chi connectivity index (χ1) is 17.1. The molecule has 3 aromatic rings. The molecular formula is C31H34N2O2. The summed E-state index contributed by atoms with van der Waals surface area (Å²) in [5.74, 6) is 1.09. The Bertz CT molecular complexity index is 1170. The van der Waals surface area contributed by atoms with Crippen LogP contribution in [0.1, 0.15) is 53.4 Å². The Kier molecular flexibility index (Phi) is 5.85. The van der Waals surface area contributed by atoms with Gasteiger partial charge >= 0.3 is 0 Å². The number of piperidine rings is 1. The zero-order valence-corrected chi connectivity index (χ0v) is 20.3. The first-order valence-corrected chi connectivity index (χ1v) is 13.0. The molecule has 1 unspecified atom stereocenters. The Morgan fingerprint density at radius 2 is 1.66 bits per heavy atom. The Balaban J connectivity index is 1.22. The standard InChI is InChI=1S/C31H34N2O2/c34-19-18-32-16-14-31(15-17-32)21-33(22-31)26-9-6-24(7-10-26)30-28(23-4-2-1-3-5-23)12-8-25-20-27(35)11-13-29(25)30/h1-7,9-11,13,19-20,28,30,35H,8,12,14-18,21-22H2/t28-,30?/m0/s1. The Morgan fingerprint density at radius 3 is 2.37 bits per heavy atom. The van der Waals surface area contributed by atoms with Crippen LogP contribution in [-0.2, 0) is 11.2 Å². The molecule has 0 radical (unpaired) electrons. The highest BCUT2D eigenvalue weighted by Crippen LogP contribution is 2.48. The number of phenols is 1. The summed E-state index contributed by atoms with van der Waals surface area (Å²) in [6, 6.07) is 26.1. The van der Waals surface area contributed by atoms with Crippen LogP contribution >= 0.6 is 0 Å². The highest BCUT2D eigenvalue weighted by Gasteiger charge is 2.44. The summed E-state index contributed by atoms with van der Waals surface area (Å²) in [5, 5.41) is 10.1. The zero-order chi connectivity index (χ0) is 23.8. The second-order valence-corrected chi connectivity index (χ2v) is 10.8. The average Bonchev–Trinajstić information content (AvgIpc) is 2.88. The first kappa shape index (κ1) is 22.4. The molecule has 0 amide bonds. The number of likely N-dealkylation sites (tertiary alicyclic amines) is 1. The molecule has 2 saturated heterocycles. The molecule has 2 heterocycles. The maximum Gasteiger partial charge on any atom is 0.133 e. The molecule has 6 rings (SSSR count). The van der Waals surface area contributed by atoms with Crippen molar-refractivity contribution >= 4 is 12.0 Å². The molecule has 0 saturated carbocycles. The lowest BCUT2D eigenvalue weighted by Crippen LogP contribution is -2.60. The summed E-state index contributed by atoms with van der Waals surface area (Å²) < 4.78 is 0. The number of carbonyl (C=O) groups is 1. The van der Waals surface area contributed by atoms with Crippen LogP contribution in [0.3, 0.4) is 0 Å². The first-order valence-electron chi connectivity index (χ1n) is 13.0. The van der Waals surface area contributed by atoms with Gasteiger partial charge in [0.15, 0.2) is 0 Å². The van der Waals surface area contributed by atoms with E-state index in [-0.39, 0.29) is 0 Å². The van der Waals surface area contributed by atoms with Crippen molar-refractivity contribution in [2.45, 2.75) is 37.5 Å². The number of aromatic hydroxyl groups is 1. The number of hydrogen-bond acceptors (Lipinski definition) is 4. The van der Waals surface area contributed by atoms with Crippen LogP contribution in [-0.4, -0.2) is 49.0 Å². The van der Waals surface area contributed by atoms with E-state index in [1.54, 1.807) is 0 Å². The molecule has 2 atom stereocenters. The van der Waals surface area contributed by atoms with Crippen molar-refractivity contribution in [3.63, 3.8) is 0 Å². The predicted molar refractivity (Wildman–Crippen MR) is 140 cm³/mol. The van der Waals surface area contributed by atoms with E-state index in [1.807, 2.05) is 12.1 Å². The SMILES string of the molecule is O=CCN1CCC2(CC1)CN(c1ccc(C3c4ccc(O)cc4CC[C@H]3c3ccccc3)cc1)C2. The topological polar surface area (TPSA) is 43.8 Å². The van der Waals surface area contributed by atoms with Gasteiger partial charge in [-0.05, 0) is 91.2 Å². The second-order valence-electron chi connectivity index (χ2n) is 10.8. The quantitative estimate of drug-likeness (QED) is 0.515. The number of aldehydes is 1. The largest absolute Gasteiger partial charge is 0.508 e. The molecule has 2 aliphatic heterocycles. The lowest BCUT2D eigenvalue weighted by atomic mass is 9.69. The van der Waals surface area contributed by atoms with Crippen LogP contribution in [0.4, 0.5) is 5.69 Å². The van der Waals surface area contributed by atoms with Crippen LogP contribution in [0.25, 0.3) is 0 Å². The summed E-state index contributed by atoms with van der Waals surface area (Å²) in [4.78, 5) is 15.6. The van der Waals surface area contributed by atoms with Gasteiger partial charge in [-0.3, -0.25) is 4.90 Å². The van der Waals surface area contributed by atoms with E-state index >= 15 is 0 Å². The summed E-state index contributed by atoms with van der Waals surface area (Å²) in [6.07, 6.45) is 5.50. The lowest BCUT2D eigenvalue weighted by molar-refractivity contribution is -0.109. The van der Waals surface area contributed by atoms with E-state index in [9.17, 15) is 9.90 Å². The maximum atomic E-state index is 10.8. The molecule has 1 N–H and O–H groups in total. The van der Waals surface area contributed by atoms with E-state index in [0.29, 0.717) is 29.5 Å². The molecule has 4 heteroatoms. The van der Waals surface area contributed by atoms with Gasteiger partial charge in [-0.1, -0.05) is 48.5 Å². The van der Waals surface area contributed by atoms with Crippen molar-refractivity contribution < 1.29 is 9.90 Å². The minimum absolute atomic E-state index is 0.292. The molecule has 180 valence electrons. The number of hydrogen-bond donors (Lipinski definition) is 1. The van der Waals surface area contributed by atoms with Crippen molar-refractivity contribution in [3.05, 3.63) is 95.1 Å². The molecule has 4 nitrogen and oxygen atoms in total. The molecule has 1 spiro atoms. The fourth-order valence-electron chi connectivity index (χ4n) is 6.75. The van der Waals surface area contributed by atoms with Gasteiger partial charge in [-0.25, -0.2) is 0 Å². The minimum Gasteiger partial charge on any atom is -0.508 e. The van der Waals surface area contributed by atoms with Crippen LogP contribution in [0, 0.1) is 5.41 Å². The lowest BCUT2D eigenvalue weighted by Gasteiger charge is -2.55. The highest BCUT2D eigenvalue weighted by molar-refractivity contribution is 5.54. The van der Waals surface area contributed by atoms with Crippen molar-refractivity contribution in [1.29, 1.82) is 0 Å². The normalized spacial score (nSPS) is 23.5. The summed E-state index contributed by atoms with van der Waals surface area (Å²) in [5.41, 5.74) is 7.11. The van der Waals surface area contributed by atoms with Crippen LogP contribution in [0.2, 0.25) is 0 Å². The summed E-state index contributed by atoms with van der Waals surface area (Å²) >= 11 is 0. The zero-order valence-electron chi connectivity index (χ0n) is 20.3. The van der Waals surface area contributed by atoms with Crippen molar-refractivity contribution in [3.8, 4) is 5.75 Å². The molecule has 2 fully saturated rings. The van der Waals surface area contributed by atoms with Gasteiger partial charge in [-0.2, -0.15) is 0 Å². The number of fused-ring (bicyclic) bond motifs is 1. The smallest absolute Gasteiger partial charge is 0.133 e. The maximum absolute atomic E-state index is 10.8. The van der Waals surface area contributed by atoms with Crippen LogP contribution in [0.5, 0.6) is 5.75 Å². The van der Waals surface area contributed by atoms with E-state index < -0.39 is 0 Å². The molecule has 35 heavy (non-hydrogen) atoms. The molecule has 0 aromatic heterocycles. The van der Waals surface area contributed by atoms with Gasteiger partial charge in [0.2, 0.25) is 0 Å². The molecule has 1 aliphatic carbocycles. The average molecular weight is 467 g/mol. The van der Waals surface area contributed by atoms with Gasteiger partial charge in [0.1, 0.15) is 12.0 Å². The minimum atomic E-state index is 0.292. The highest BCUT2D eigenvalue weighted by atomic mass is 16.3. The Morgan fingerprint density at radius 1 is 0.914 bits per heavy atom. The van der Waals surface area contributed by atoms with Crippen molar-refractivity contribution in [1.82, 2.24) is 4.90 Å². The number of carbonyl (C=O) groups excluding carboxylic acids is 1. The third kappa shape index (κ3) is 4.25. The van der Waals surface area contributed by atoms with Gasteiger partial charge in [0, 0.05) is 30.1 Å². The number of benzene rings is 3. The Hall–Kier alpha value is -3.11. The van der Waals surface area contributed by atoms with Gasteiger partial charge < -0.3 is 14.8 Å². The molecule has 0 bridgehead atoms. The third-order valence-corrected chi connectivity index (χ3v) is 8.74. The number of anilines is 1. The van der Waals surface area contributed by atoms with E-state index in [4.69, 9.17) is 0 Å². The predicted octanol–water partition coefficient (Wildman–Crippen LogP) is 5.36. The number of nitrogens with zero attached hydrogens (tertiary/aromatic N) is 2. The van der Waals surface area contributed by atoms with Crippen molar-refractivity contribution in [2.75, 3.05) is 37.6 Å². The van der Waals surface area contributed by atoms with E-state index in [2.05, 4.69) is 70.5 Å². The van der Waals surface area contributed by atoms with Crippen LogP contribution < -0.4 is 4.90 Å². The number of rotatable bonds is 5. The number of phenolic OH excluding ortho intramolecular Hbond substituents is 1. The van der Waals surface area contributed by atoms with Gasteiger partial charge in [0.05, 0.1) is 6.54 Å². The van der Waals surface area contributed by atoms with Crippen molar-refractivity contribution in [2.24, 2.45) is 5.41 Å². The molecule has 3 aromatic carbocycles. The fourth-order valence-corrected chi connectivity index (χ4v) is 6.75. The van der Waals surface area contributed by atoms with E-state index in [1.165, 1.54) is 40.8 Å². The summed E-state index contributed by atoms with van der Waals surface area (Å²) in [6.45, 7) is 4.92. The Labute approximate surface area is 208 Å². The monoisotopic (exact) mass is 466 g/mol. The molecular weight excluding hydrogens is 432 g/mol. The van der Waals surface area contributed by atoms with Gasteiger partial charge in [0.25, 0.3) is 0 Å². The second kappa shape index (κ2) is 9.16. The van der Waals surface area contributed by atoms with Gasteiger partial charge in [-0.15, -0.1) is 0 Å². The third-order valence-electron chi connectivity index (χ3n) is 8.74. The van der Waals surface area contributed by atoms with Crippen LogP contribution in [0.15, 0.2) is 72.8 Å². The fraction of sp³-hybridized carbons (Fsp3) is 0.387. The van der Waals surface area contributed by atoms with E-state index in [0.717, 1.165) is 45.3 Å².